The number of nitrogens with zero attached hydrogens (tertiary/aromatic N) is 1. The Labute approximate surface area is 123 Å². The summed E-state index contributed by atoms with van der Waals surface area (Å²) < 4.78 is 26.1. The molecule has 0 radical (unpaired) electrons. The molecule has 0 fully saturated rings. The molecule has 0 unspecified atom stereocenters. The number of likely N-dealkylation sites (N-methyl/N-ethyl adjacent to an activating group) is 1. The van der Waals surface area contributed by atoms with Crippen LogP contribution in [0.5, 0.6) is 0 Å². The highest BCUT2D eigenvalue weighted by Gasteiger charge is 2.15. The molecule has 0 saturated carbocycles. The first-order valence-electron chi connectivity index (χ1n) is 6.81. The largest absolute Gasteiger partial charge is 0.364 e. The Morgan fingerprint density at radius 2 is 1.81 bits per heavy atom. The van der Waals surface area contributed by atoms with Crippen LogP contribution in [0, 0.1) is 18.6 Å². The molecule has 0 amide bonds. The van der Waals surface area contributed by atoms with Gasteiger partial charge in [-0.2, -0.15) is 0 Å². The third-order valence-corrected chi connectivity index (χ3v) is 3.41. The molecule has 21 heavy (non-hydrogen) atoms. The molecule has 0 saturated heterocycles. The molecule has 0 bridgehead atoms. The number of rotatable bonds is 5. The summed E-state index contributed by atoms with van der Waals surface area (Å²) in [5.41, 5.74) is 2.22. The second kappa shape index (κ2) is 6.48. The number of benzene rings is 2. The van der Waals surface area contributed by atoms with E-state index in [2.05, 4.69) is 0 Å². The van der Waals surface area contributed by atoms with Gasteiger partial charge in [-0.1, -0.05) is 18.2 Å². The minimum atomic E-state index is -1.00. The molecule has 0 aliphatic heterocycles. The number of ketones is 1. The van der Waals surface area contributed by atoms with Crippen molar-refractivity contribution in [1.29, 1.82) is 0 Å². The van der Waals surface area contributed by atoms with E-state index < -0.39 is 11.6 Å². The Hall–Kier alpha value is -2.23. The summed E-state index contributed by atoms with van der Waals surface area (Å²) in [7, 11) is 0. The fourth-order valence-electron chi connectivity index (χ4n) is 2.22. The first-order valence-corrected chi connectivity index (χ1v) is 6.81. The van der Waals surface area contributed by atoms with Crippen molar-refractivity contribution in [2.75, 3.05) is 18.0 Å². The van der Waals surface area contributed by atoms with Gasteiger partial charge in [-0.05, 0) is 43.7 Å². The lowest BCUT2D eigenvalue weighted by Gasteiger charge is -2.24. The van der Waals surface area contributed by atoms with Crippen LogP contribution in [-0.2, 0) is 0 Å². The van der Waals surface area contributed by atoms with E-state index >= 15 is 0 Å². The average Bonchev–Trinajstić information content (AvgIpc) is 2.48. The number of aryl methyl sites for hydroxylation is 1. The summed E-state index contributed by atoms with van der Waals surface area (Å²) in [5.74, 6) is -2.18. The first kappa shape index (κ1) is 15.2. The van der Waals surface area contributed by atoms with Crippen LogP contribution in [0.1, 0.15) is 22.8 Å². The van der Waals surface area contributed by atoms with E-state index in [1.165, 1.54) is 6.07 Å². The number of Topliss-reactive ketones (excluding diaryl/α,β-unsaturated/α-hetero) is 1. The Balaban J connectivity index is 2.20. The summed E-state index contributed by atoms with van der Waals surface area (Å²) >= 11 is 0. The van der Waals surface area contributed by atoms with Gasteiger partial charge in [0.25, 0.3) is 0 Å². The molecule has 0 N–H and O–H groups in total. The summed E-state index contributed by atoms with van der Waals surface area (Å²) in [6, 6.07) is 11.0. The zero-order valence-electron chi connectivity index (χ0n) is 12.1. The Morgan fingerprint density at radius 1 is 1.10 bits per heavy atom. The molecular weight excluding hydrogens is 272 g/mol. The monoisotopic (exact) mass is 289 g/mol. The van der Waals surface area contributed by atoms with E-state index in [4.69, 9.17) is 0 Å². The molecule has 0 aliphatic carbocycles. The van der Waals surface area contributed by atoms with Crippen LogP contribution in [0.2, 0.25) is 0 Å². The molecule has 2 aromatic rings. The smallest absolute Gasteiger partial charge is 0.182 e. The molecule has 0 heterocycles. The highest BCUT2D eigenvalue weighted by molar-refractivity contribution is 5.99. The molecule has 110 valence electrons. The van der Waals surface area contributed by atoms with Crippen LogP contribution < -0.4 is 4.90 Å². The van der Waals surface area contributed by atoms with Gasteiger partial charge in [0.1, 0.15) is 0 Å². The SMILES string of the molecule is CCN(CC(=O)c1ccc(F)c(F)c1)c1ccccc1C. The predicted octanol–water partition coefficient (Wildman–Crippen LogP) is 3.98. The van der Waals surface area contributed by atoms with Crippen LogP contribution in [0.4, 0.5) is 14.5 Å². The summed E-state index contributed by atoms with van der Waals surface area (Å²) in [6.45, 7) is 4.71. The zero-order chi connectivity index (χ0) is 15.4. The van der Waals surface area contributed by atoms with Crippen molar-refractivity contribution in [1.82, 2.24) is 0 Å². The van der Waals surface area contributed by atoms with Crippen molar-refractivity contribution in [3.63, 3.8) is 0 Å². The normalized spacial score (nSPS) is 10.5. The standard InChI is InChI=1S/C17H17F2NO/c1-3-20(16-7-5-4-6-12(16)2)11-17(21)13-8-9-14(18)15(19)10-13/h4-10H,3,11H2,1-2H3. The molecule has 0 aliphatic rings. The van der Waals surface area contributed by atoms with Gasteiger partial charge in [0.05, 0.1) is 6.54 Å². The quantitative estimate of drug-likeness (QED) is 0.776. The topological polar surface area (TPSA) is 20.3 Å². The van der Waals surface area contributed by atoms with Gasteiger partial charge in [-0.15, -0.1) is 0 Å². The van der Waals surface area contributed by atoms with E-state index in [0.717, 1.165) is 23.4 Å². The lowest BCUT2D eigenvalue weighted by molar-refractivity contribution is 0.0998. The predicted molar refractivity (Wildman–Crippen MR) is 79.8 cm³/mol. The maximum Gasteiger partial charge on any atom is 0.182 e. The van der Waals surface area contributed by atoms with Crippen molar-refractivity contribution in [3.8, 4) is 0 Å². The number of hydrogen-bond acceptors (Lipinski definition) is 2. The number of hydrogen-bond donors (Lipinski definition) is 0. The molecule has 2 aromatic carbocycles. The number of carbonyl (C=O) groups excluding carboxylic acids is 1. The minimum absolute atomic E-state index is 0.131. The maximum absolute atomic E-state index is 13.2. The van der Waals surface area contributed by atoms with Gasteiger partial charge in [0, 0.05) is 17.8 Å². The summed E-state index contributed by atoms with van der Waals surface area (Å²) in [5, 5.41) is 0. The van der Waals surface area contributed by atoms with Gasteiger partial charge in [-0.25, -0.2) is 8.78 Å². The van der Waals surface area contributed by atoms with Gasteiger partial charge in [0.15, 0.2) is 17.4 Å². The zero-order valence-corrected chi connectivity index (χ0v) is 12.1. The van der Waals surface area contributed by atoms with E-state index in [-0.39, 0.29) is 17.9 Å². The lowest BCUT2D eigenvalue weighted by Crippen LogP contribution is -2.30. The van der Waals surface area contributed by atoms with Crippen LogP contribution in [0.25, 0.3) is 0 Å². The van der Waals surface area contributed by atoms with Crippen molar-refractivity contribution in [2.45, 2.75) is 13.8 Å². The lowest BCUT2D eigenvalue weighted by atomic mass is 10.1. The van der Waals surface area contributed by atoms with Gasteiger partial charge in [-0.3, -0.25) is 4.79 Å². The van der Waals surface area contributed by atoms with Crippen LogP contribution in [0.15, 0.2) is 42.5 Å². The number of halogens is 2. The van der Waals surface area contributed by atoms with Crippen LogP contribution in [-0.4, -0.2) is 18.9 Å². The maximum atomic E-state index is 13.2. The second-order valence-corrected chi connectivity index (χ2v) is 4.85. The first-order chi connectivity index (χ1) is 10.0. The molecule has 4 heteroatoms. The second-order valence-electron chi connectivity index (χ2n) is 4.85. The van der Waals surface area contributed by atoms with Crippen molar-refractivity contribution < 1.29 is 13.6 Å². The summed E-state index contributed by atoms with van der Waals surface area (Å²) in [4.78, 5) is 14.1. The third-order valence-electron chi connectivity index (χ3n) is 3.41. The average molecular weight is 289 g/mol. The Bertz CT molecular complexity index is 655. The molecular formula is C17H17F2NO. The third kappa shape index (κ3) is 3.45. The van der Waals surface area contributed by atoms with E-state index in [0.29, 0.717) is 6.54 Å². The van der Waals surface area contributed by atoms with Crippen molar-refractivity contribution in [2.24, 2.45) is 0 Å². The summed E-state index contributed by atoms with van der Waals surface area (Å²) in [6.07, 6.45) is 0. The van der Waals surface area contributed by atoms with Gasteiger partial charge in [0.2, 0.25) is 0 Å². The van der Waals surface area contributed by atoms with Crippen molar-refractivity contribution in [3.05, 3.63) is 65.2 Å². The fourth-order valence-corrected chi connectivity index (χ4v) is 2.22. The number of carbonyl (C=O) groups is 1. The van der Waals surface area contributed by atoms with Gasteiger partial charge < -0.3 is 4.90 Å². The molecule has 2 nitrogen and oxygen atoms in total. The highest BCUT2D eigenvalue weighted by Crippen LogP contribution is 2.20. The van der Waals surface area contributed by atoms with Gasteiger partial charge >= 0.3 is 0 Å². The molecule has 0 aromatic heterocycles. The molecule has 0 spiro atoms. The van der Waals surface area contributed by atoms with E-state index in [9.17, 15) is 13.6 Å². The van der Waals surface area contributed by atoms with E-state index in [1.807, 2.05) is 43.0 Å². The molecule has 0 atom stereocenters. The highest BCUT2D eigenvalue weighted by atomic mass is 19.2. The number of anilines is 1. The van der Waals surface area contributed by atoms with Crippen LogP contribution in [0.3, 0.4) is 0 Å². The van der Waals surface area contributed by atoms with Crippen molar-refractivity contribution >= 4 is 11.5 Å². The minimum Gasteiger partial charge on any atom is -0.364 e. The Morgan fingerprint density at radius 3 is 2.43 bits per heavy atom. The Kier molecular flexibility index (Phi) is 4.68. The van der Waals surface area contributed by atoms with E-state index in [1.54, 1.807) is 0 Å². The number of para-hydroxylation sites is 1. The van der Waals surface area contributed by atoms with Crippen LogP contribution >= 0.6 is 0 Å². The molecule has 2 rings (SSSR count). The fraction of sp³-hybridized carbons (Fsp3) is 0.235.